The summed E-state index contributed by atoms with van der Waals surface area (Å²) < 4.78 is 12.1. The fourth-order valence-corrected chi connectivity index (χ4v) is 1.34. The van der Waals surface area contributed by atoms with Crippen LogP contribution in [0.5, 0.6) is 0 Å². The molecule has 1 rings (SSSR count). The van der Waals surface area contributed by atoms with Gasteiger partial charge >= 0.3 is 0 Å². The minimum absolute atomic E-state index is 0.0805. The van der Waals surface area contributed by atoms with E-state index in [0.717, 1.165) is 5.69 Å². The van der Waals surface area contributed by atoms with Crippen LogP contribution in [0.1, 0.15) is 17.4 Å². The topological polar surface area (TPSA) is 40.5 Å². The van der Waals surface area contributed by atoms with E-state index in [1.54, 1.807) is 14.0 Å². The van der Waals surface area contributed by atoms with Gasteiger partial charge in [0, 0.05) is 26.8 Å². The maximum absolute atomic E-state index is 11.2. The average Bonchev–Trinajstić information content (AvgIpc) is 2.66. The first-order chi connectivity index (χ1) is 7.25. The number of ether oxygens (including phenoxy) is 2. The lowest BCUT2D eigenvalue weighted by atomic mass is 10.3. The number of aromatic nitrogens is 1. The molecule has 0 aliphatic heterocycles. The standard InChI is InChI=1S/C11H17NO3/c1-10(13)11-4-3-5-12(11)6-7-15-9-8-14-2/h3-5H,6-9H2,1-2H3. The molecule has 0 amide bonds. The number of carbonyl (C=O) groups excluding carboxylic acids is 1. The average molecular weight is 211 g/mol. The number of methoxy groups -OCH3 is 1. The Kier molecular flexibility index (Phi) is 5.07. The van der Waals surface area contributed by atoms with Crippen molar-refractivity contribution in [1.82, 2.24) is 4.57 Å². The zero-order chi connectivity index (χ0) is 11.1. The molecule has 0 N–H and O–H groups in total. The number of ketones is 1. The summed E-state index contributed by atoms with van der Waals surface area (Å²) >= 11 is 0. The van der Waals surface area contributed by atoms with Crippen LogP contribution >= 0.6 is 0 Å². The van der Waals surface area contributed by atoms with E-state index in [9.17, 15) is 4.79 Å². The fraction of sp³-hybridized carbons (Fsp3) is 0.545. The summed E-state index contributed by atoms with van der Waals surface area (Å²) in [7, 11) is 1.64. The Morgan fingerprint density at radius 2 is 2.20 bits per heavy atom. The molecule has 4 heteroatoms. The van der Waals surface area contributed by atoms with Crippen LogP contribution in [-0.4, -0.2) is 37.3 Å². The van der Waals surface area contributed by atoms with Crippen molar-refractivity contribution < 1.29 is 14.3 Å². The second kappa shape index (κ2) is 6.37. The van der Waals surface area contributed by atoms with Crippen molar-refractivity contribution in [1.29, 1.82) is 0 Å². The maximum atomic E-state index is 11.2. The van der Waals surface area contributed by atoms with E-state index in [2.05, 4.69) is 0 Å². The highest BCUT2D eigenvalue weighted by molar-refractivity contribution is 5.92. The Morgan fingerprint density at radius 1 is 1.40 bits per heavy atom. The van der Waals surface area contributed by atoms with E-state index in [1.807, 2.05) is 22.9 Å². The van der Waals surface area contributed by atoms with Crippen molar-refractivity contribution >= 4 is 5.78 Å². The van der Waals surface area contributed by atoms with Crippen molar-refractivity contribution in [3.63, 3.8) is 0 Å². The Bertz CT molecular complexity index is 307. The largest absolute Gasteiger partial charge is 0.382 e. The van der Waals surface area contributed by atoms with E-state index in [0.29, 0.717) is 26.4 Å². The van der Waals surface area contributed by atoms with Gasteiger partial charge in [-0.2, -0.15) is 0 Å². The minimum Gasteiger partial charge on any atom is -0.382 e. The highest BCUT2D eigenvalue weighted by Crippen LogP contribution is 2.02. The van der Waals surface area contributed by atoms with Crippen molar-refractivity contribution in [2.45, 2.75) is 13.5 Å². The summed E-state index contributed by atoms with van der Waals surface area (Å²) in [4.78, 5) is 11.2. The van der Waals surface area contributed by atoms with Crippen LogP contribution in [0.15, 0.2) is 18.3 Å². The molecule has 0 bridgehead atoms. The van der Waals surface area contributed by atoms with Gasteiger partial charge in [-0.05, 0) is 12.1 Å². The lowest BCUT2D eigenvalue weighted by Crippen LogP contribution is -2.12. The molecule has 84 valence electrons. The molecule has 0 aromatic carbocycles. The van der Waals surface area contributed by atoms with Crippen molar-refractivity contribution in [3.8, 4) is 0 Å². The van der Waals surface area contributed by atoms with E-state index < -0.39 is 0 Å². The van der Waals surface area contributed by atoms with Gasteiger partial charge in [-0.25, -0.2) is 0 Å². The van der Waals surface area contributed by atoms with Crippen LogP contribution < -0.4 is 0 Å². The van der Waals surface area contributed by atoms with E-state index in [-0.39, 0.29) is 5.78 Å². The van der Waals surface area contributed by atoms with Gasteiger partial charge in [0.25, 0.3) is 0 Å². The number of hydrogen-bond acceptors (Lipinski definition) is 3. The van der Waals surface area contributed by atoms with Gasteiger partial charge in [-0.15, -0.1) is 0 Å². The molecule has 1 aromatic rings. The van der Waals surface area contributed by atoms with Crippen LogP contribution in [-0.2, 0) is 16.0 Å². The number of rotatable bonds is 7. The summed E-state index contributed by atoms with van der Waals surface area (Å²) in [6.45, 7) is 4.06. The third-order valence-corrected chi connectivity index (χ3v) is 2.10. The van der Waals surface area contributed by atoms with Gasteiger partial charge < -0.3 is 14.0 Å². The van der Waals surface area contributed by atoms with Crippen LogP contribution in [0.2, 0.25) is 0 Å². The molecule has 0 fully saturated rings. The minimum atomic E-state index is 0.0805. The number of hydrogen-bond donors (Lipinski definition) is 0. The summed E-state index contributed by atoms with van der Waals surface area (Å²) in [5.74, 6) is 0.0805. The third-order valence-electron chi connectivity index (χ3n) is 2.10. The van der Waals surface area contributed by atoms with Crippen LogP contribution in [0.25, 0.3) is 0 Å². The Morgan fingerprint density at radius 3 is 2.87 bits per heavy atom. The van der Waals surface area contributed by atoms with Gasteiger partial charge in [0.15, 0.2) is 5.78 Å². The lowest BCUT2D eigenvalue weighted by molar-refractivity contribution is 0.0662. The number of nitrogens with zero attached hydrogens (tertiary/aromatic N) is 1. The smallest absolute Gasteiger partial charge is 0.176 e. The lowest BCUT2D eigenvalue weighted by Gasteiger charge is -2.07. The first-order valence-corrected chi connectivity index (χ1v) is 4.98. The molecule has 0 aliphatic carbocycles. The Hall–Kier alpha value is -1.13. The third kappa shape index (κ3) is 3.85. The first kappa shape index (κ1) is 11.9. The van der Waals surface area contributed by atoms with Gasteiger partial charge in [0.1, 0.15) is 0 Å². The van der Waals surface area contributed by atoms with Crippen molar-refractivity contribution in [2.24, 2.45) is 0 Å². The monoisotopic (exact) mass is 211 g/mol. The van der Waals surface area contributed by atoms with Crippen molar-refractivity contribution in [3.05, 3.63) is 24.0 Å². The normalized spacial score (nSPS) is 10.5. The molecule has 0 radical (unpaired) electrons. The second-order valence-electron chi connectivity index (χ2n) is 3.25. The number of carbonyl (C=O) groups is 1. The highest BCUT2D eigenvalue weighted by Gasteiger charge is 2.04. The van der Waals surface area contributed by atoms with Gasteiger partial charge in [-0.3, -0.25) is 4.79 Å². The predicted molar refractivity (Wildman–Crippen MR) is 57.1 cm³/mol. The molecule has 1 heterocycles. The quantitative estimate of drug-likeness (QED) is 0.505. The summed E-state index contributed by atoms with van der Waals surface area (Å²) in [6, 6.07) is 3.68. The summed E-state index contributed by atoms with van der Waals surface area (Å²) in [5, 5.41) is 0. The first-order valence-electron chi connectivity index (χ1n) is 4.98. The Balaban J connectivity index is 2.31. The van der Waals surface area contributed by atoms with Crippen molar-refractivity contribution in [2.75, 3.05) is 26.9 Å². The molecular weight excluding hydrogens is 194 g/mol. The van der Waals surface area contributed by atoms with Crippen LogP contribution in [0, 0.1) is 0 Å². The maximum Gasteiger partial charge on any atom is 0.176 e. The molecule has 0 unspecified atom stereocenters. The summed E-state index contributed by atoms with van der Waals surface area (Å²) in [5.41, 5.74) is 0.727. The van der Waals surface area contributed by atoms with E-state index in [1.165, 1.54) is 0 Å². The molecular formula is C11H17NO3. The summed E-state index contributed by atoms with van der Waals surface area (Å²) in [6.07, 6.45) is 1.89. The van der Waals surface area contributed by atoms with E-state index >= 15 is 0 Å². The molecule has 0 spiro atoms. The van der Waals surface area contributed by atoms with Gasteiger partial charge in [0.2, 0.25) is 0 Å². The Labute approximate surface area is 89.8 Å². The molecule has 1 aromatic heterocycles. The highest BCUT2D eigenvalue weighted by atomic mass is 16.5. The second-order valence-corrected chi connectivity index (χ2v) is 3.25. The van der Waals surface area contributed by atoms with Crippen LogP contribution in [0.3, 0.4) is 0 Å². The zero-order valence-electron chi connectivity index (χ0n) is 9.23. The molecule has 0 atom stereocenters. The van der Waals surface area contributed by atoms with E-state index in [4.69, 9.17) is 9.47 Å². The molecule has 4 nitrogen and oxygen atoms in total. The molecule has 15 heavy (non-hydrogen) atoms. The predicted octanol–water partition coefficient (Wildman–Crippen LogP) is 1.35. The zero-order valence-corrected chi connectivity index (χ0v) is 9.23. The SMILES string of the molecule is COCCOCCn1cccc1C(C)=O. The van der Waals surface area contributed by atoms with Crippen LogP contribution in [0.4, 0.5) is 0 Å². The number of Topliss-reactive ketones (excluding diaryl/α,β-unsaturated/α-hetero) is 1. The molecule has 0 saturated carbocycles. The van der Waals surface area contributed by atoms with Gasteiger partial charge in [-0.1, -0.05) is 0 Å². The fourth-order valence-electron chi connectivity index (χ4n) is 1.34. The molecule has 0 aliphatic rings. The molecule has 0 saturated heterocycles. The van der Waals surface area contributed by atoms with Gasteiger partial charge in [0.05, 0.1) is 25.5 Å².